The molecule has 0 aromatic heterocycles. The van der Waals surface area contributed by atoms with Gasteiger partial charge in [0.05, 0.1) is 17.9 Å². The summed E-state index contributed by atoms with van der Waals surface area (Å²) in [6.07, 6.45) is -0.657. The molecule has 0 aromatic carbocycles. The summed E-state index contributed by atoms with van der Waals surface area (Å²) >= 11 is 0. The first-order valence-electron chi connectivity index (χ1n) is 7.26. The maximum absolute atomic E-state index is 12.1. The molecular formula is C14H22N2O7. The number of rotatable bonds is 7. The monoisotopic (exact) mass is 330 g/mol. The van der Waals surface area contributed by atoms with E-state index in [1.165, 1.54) is 0 Å². The fourth-order valence-corrected chi connectivity index (χ4v) is 2.91. The van der Waals surface area contributed by atoms with E-state index in [9.17, 15) is 24.3 Å². The first kappa shape index (κ1) is 18.9. The lowest BCUT2D eigenvalue weighted by molar-refractivity contribution is -0.152. The number of carbonyl (C=O) groups excluding carboxylic acids is 1. The van der Waals surface area contributed by atoms with E-state index >= 15 is 0 Å². The average molecular weight is 330 g/mol. The van der Waals surface area contributed by atoms with Gasteiger partial charge in [-0.05, 0) is 25.2 Å². The third kappa shape index (κ3) is 4.19. The van der Waals surface area contributed by atoms with E-state index in [0.717, 1.165) is 0 Å². The Morgan fingerprint density at radius 2 is 1.52 bits per heavy atom. The molecule has 0 aliphatic heterocycles. The largest absolute Gasteiger partial charge is 0.481 e. The molecule has 0 saturated heterocycles. The highest BCUT2D eigenvalue weighted by Crippen LogP contribution is 2.40. The summed E-state index contributed by atoms with van der Waals surface area (Å²) in [7, 11) is 0. The highest BCUT2D eigenvalue weighted by Gasteiger charge is 2.56. The topological polar surface area (TPSA) is 167 Å². The van der Waals surface area contributed by atoms with Crippen LogP contribution in [0.5, 0.6) is 0 Å². The molecule has 0 spiro atoms. The standard InChI is InChI=1S/C14H22N2O7/c1-6(2)3-9(15)10(17)16-14(13(22)23)4-7(11(18)19)8(5-14)12(20)21/h6-9H,3-5,15H2,1-2H3,(H,16,17)(H,18,19)(H,20,21)(H,22,23)/t7-,8+,9?,14?. The highest BCUT2D eigenvalue weighted by atomic mass is 16.4. The lowest BCUT2D eigenvalue weighted by Gasteiger charge is -2.27. The molecule has 23 heavy (non-hydrogen) atoms. The van der Waals surface area contributed by atoms with Crippen LogP contribution in [0, 0.1) is 17.8 Å². The number of nitrogens with one attached hydrogen (secondary N) is 1. The summed E-state index contributed by atoms with van der Waals surface area (Å²) in [4.78, 5) is 46.1. The second-order valence-corrected chi connectivity index (χ2v) is 6.41. The van der Waals surface area contributed by atoms with Crippen LogP contribution in [0.25, 0.3) is 0 Å². The number of hydrogen-bond acceptors (Lipinski definition) is 5. The quantitative estimate of drug-likeness (QED) is 0.416. The first-order valence-corrected chi connectivity index (χ1v) is 7.26. The van der Waals surface area contributed by atoms with Crippen molar-refractivity contribution in [2.75, 3.05) is 0 Å². The molecule has 1 saturated carbocycles. The molecule has 1 fully saturated rings. The molecule has 1 aliphatic rings. The zero-order chi connectivity index (χ0) is 17.9. The van der Waals surface area contributed by atoms with Gasteiger partial charge in [0.15, 0.2) is 0 Å². The van der Waals surface area contributed by atoms with Crippen LogP contribution in [-0.2, 0) is 19.2 Å². The molecule has 2 unspecified atom stereocenters. The molecule has 130 valence electrons. The van der Waals surface area contributed by atoms with Gasteiger partial charge in [-0.25, -0.2) is 4.79 Å². The first-order chi connectivity index (χ1) is 10.5. The van der Waals surface area contributed by atoms with Crippen molar-refractivity contribution in [2.45, 2.75) is 44.7 Å². The van der Waals surface area contributed by atoms with Crippen LogP contribution in [-0.4, -0.2) is 50.7 Å². The molecule has 9 nitrogen and oxygen atoms in total. The van der Waals surface area contributed by atoms with Crippen molar-refractivity contribution >= 4 is 23.8 Å². The average Bonchev–Trinajstić information content (AvgIpc) is 2.79. The maximum atomic E-state index is 12.1. The van der Waals surface area contributed by atoms with Crippen molar-refractivity contribution < 1.29 is 34.5 Å². The Morgan fingerprint density at radius 3 is 1.83 bits per heavy atom. The number of carbonyl (C=O) groups is 4. The minimum atomic E-state index is -1.93. The fourth-order valence-electron chi connectivity index (χ4n) is 2.91. The number of hydrogen-bond donors (Lipinski definition) is 5. The SMILES string of the molecule is CC(C)CC(N)C(=O)NC1(C(=O)O)C[C@H](C(=O)O)[C@H](C(=O)O)C1. The Kier molecular flexibility index (Phi) is 5.70. The van der Waals surface area contributed by atoms with E-state index in [4.69, 9.17) is 15.9 Å². The molecule has 6 N–H and O–H groups in total. The molecule has 1 amide bonds. The van der Waals surface area contributed by atoms with Crippen molar-refractivity contribution in [1.29, 1.82) is 0 Å². The van der Waals surface area contributed by atoms with E-state index < -0.39 is 60.1 Å². The summed E-state index contributed by atoms with van der Waals surface area (Å²) < 4.78 is 0. The van der Waals surface area contributed by atoms with Gasteiger partial charge in [0.2, 0.25) is 5.91 Å². The van der Waals surface area contributed by atoms with Crippen molar-refractivity contribution in [2.24, 2.45) is 23.5 Å². The Balaban J connectivity index is 3.02. The van der Waals surface area contributed by atoms with Crippen molar-refractivity contribution in [3.63, 3.8) is 0 Å². The highest BCUT2D eigenvalue weighted by molar-refractivity contribution is 5.92. The molecule has 0 bridgehead atoms. The summed E-state index contributed by atoms with van der Waals surface area (Å²) in [6, 6.07) is -0.946. The van der Waals surface area contributed by atoms with Crippen LogP contribution in [0.1, 0.15) is 33.1 Å². The zero-order valence-electron chi connectivity index (χ0n) is 13.0. The van der Waals surface area contributed by atoms with Gasteiger partial charge >= 0.3 is 17.9 Å². The number of carboxylic acid groups (broad SMARTS) is 3. The number of carboxylic acids is 3. The molecule has 9 heteroatoms. The molecule has 0 aromatic rings. The smallest absolute Gasteiger partial charge is 0.329 e. The molecular weight excluding hydrogens is 308 g/mol. The van der Waals surface area contributed by atoms with Crippen LogP contribution in [0.3, 0.4) is 0 Å². The Morgan fingerprint density at radius 1 is 1.09 bits per heavy atom. The second-order valence-electron chi connectivity index (χ2n) is 6.41. The summed E-state index contributed by atoms with van der Waals surface area (Å²) in [5, 5.41) is 29.9. The Hall–Kier alpha value is -2.16. The van der Waals surface area contributed by atoms with E-state index in [1.807, 2.05) is 13.8 Å². The van der Waals surface area contributed by atoms with Gasteiger partial charge in [-0.3, -0.25) is 14.4 Å². The van der Waals surface area contributed by atoms with Crippen molar-refractivity contribution in [3.05, 3.63) is 0 Å². The van der Waals surface area contributed by atoms with E-state index in [1.54, 1.807) is 0 Å². The van der Waals surface area contributed by atoms with Gasteiger partial charge in [0, 0.05) is 0 Å². The Labute approximate surface area is 132 Å². The summed E-state index contributed by atoms with van der Waals surface area (Å²) in [5.41, 5.74) is 3.77. The Bertz CT molecular complexity index is 495. The van der Waals surface area contributed by atoms with Crippen LogP contribution < -0.4 is 11.1 Å². The van der Waals surface area contributed by atoms with Crippen LogP contribution in [0.15, 0.2) is 0 Å². The molecule has 1 aliphatic carbocycles. The van der Waals surface area contributed by atoms with Crippen molar-refractivity contribution in [3.8, 4) is 0 Å². The third-order valence-electron chi connectivity index (χ3n) is 4.09. The van der Waals surface area contributed by atoms with Gasteiger partial charge < -0.3 is 26.4 Å². The van der Waals surface area contributed by atoms with Crippen LogP contribution in [0.2, 0.25) is 0 Å². The van der Waals surface area contributed by atoms with Gasteiger partial charge in [-0.15, -0.1) is 0 Å². The minimum Gasteiger partial charge on any atom is -0.481 e. The lowest BCUT2D eigenvalue weighted by Crippen LogP contribution is -2.57. The molecule has 4 atom stereocenters. The summed E-state index contributed by atoms with van der Waals surface area (Å²) in [5.74, 6) is -7.65. The van der Waals surface area contributed by atoms with Crippen LogP contribution >= 0.6 is 0 Å². The van der Waals surface area contributed by atoms with Crippen molar-refractivity contribution in [1.82, 2.24) is 5.32 Å². The normalized spacial score (nSPS) is 28.3. The van der Waals surface area contributed by atoms with Gasteiger partial charge in [-0.2, -0.15) is 0 Å². The lowest BCUT2D eigenvalue weighted by atomic mass is 9.94. The molecule has 0 heterocycles. The van der Waals surface area contributed by atoms with Gasteiger partial charge in [0.1, 0.15) is 5.54 Å². The summed E-state index contributed by atoms with van der Waals surface area (Å²) in [6.45, 7) is 3.69. The maximum Gasteiger partial charge on any atom is 0.329 e. The molecule has 0 radical (unpaired) electrons. The molecule has 1 rings (SSSR count). The van der Waals surface area contributed by atoms with Crippen LogP contribution in [0.4, 0.5) is 0 Å². The van der Waals surface area contributed by atoms with E-state index in [0.29, 0.717) is 6.42 Å². The fraction of sp³-hybridized carbons (Fsp3) is 0.714. The number of aliphatic carboxylic acids is 3. The third-order valence-corrected chi connectivity index (χ3v) is 4.09. The second kappa shape index (κ2) is 6.95. The zero-order valence-corrected chi connectivity index (χ0v) is 13.0. The number of nitrogens with two attached hydrogens (primary N) is 1. The predicted octanol–water partition coefficient (Wildman–Crippen LogP) is -0.505. The number of amides is 1. The van der Waals surface area contributed by atoms with Gasteiger partial charge in [-0.1, -0.05) is 13.8 Å². The van der Waals surface area contributed by atoms with E-state index in [2.05, 4.69) is 5.32 Å². The van der Waals surface area contributed by atoms with E-state index in [-0.39, 0.29) is 5.92 Å². The predicted molar refractivity (Wildman–Crippen MR) is 77.4 cm³/mol. The minimum absolute atomic E-state index is 0.110. The van der Waals surface area contributed by atoms with Gasteiger partial charge in [0.25, 0.3) is 0 Å².